The summed E-state index contributed by atoms with van der Waals surface area (Å²) in [6.07, 6.45) is 5.98. The van der Waals surface area contributed by atoms with Crippen LogP contribution in [0, 0.1) is 11.8 Å². The number of esters is 1. The summed E-state index contributed by atoms with van der Waals surface area (Å²) in [5.74, 6) is -0.858. The Labute approximate surface area is 204 Å². The van der Waals surface area contributed by atoms with E-state index in [1.54, 1.807) is 13.3 Å². The van der Waals surface area contributed by atoms with Crippen molar-refractivity contribution in [2.24, 2.45) is 16.8 Å². The van der Waals surface area contributed by atoms with Gasteiger partial charge in [-0.05, 0) is 64.5 Å². The molecule has 11 heteroatoms. The lowest BCUT2D eigenvalue weighted by molar-refractivity contribution is -0.164. The smallest absolute Gasteiger partial charge is 0.309 e. The summed E-state index contributed by atoms with van der Waals surface area (Å²) in [5, 5.41) is 1.93. The predicted molar refractivity (Wildman–Crippen MR) is 129 cm³/mol. The van der Waals surface area contributed by atoms with Gasteiger partial charge >= 0.3 is 5.97 Å². The molecule has 2 aromatic rings. The SMILES string of the molecule is COCn1ccs/c1=N\c1cccnc1CC1C[C@H](OS(C)(=O)=O)CC[C@@H]1C(=O)OC(C)(C)C. The molecule has 34 heavy (non-hydrogen) atoms. The molecule has 1 aliphatic rings. The highest BCUT2D eigenvalue weighted by atomic mass is 32.2. The van der Waals surface area contributed by atoms with E-state index < -0.39 is 21.8 Å². The second-order valence-electron chi connectivity index (χ2n) is 9.49. The molecule has 0 saturated heterocycles. The molecule has 0 N–H and O–H groups in total. The van der Waals surface area contributed by atoms with Gasteiger partial charge in [0.1, 0.15) is 12.3 Å². The molecule has 0 spiro atoms. The number of methoxy groups -OCH3 is 1. The first kappa shape index (κ1) is 26.5. The van der Waals surface area contributed by atoms with Crippen molar-refractivity contribution in [1.29, 1.82) is 0 Å². The monoisotopic (exact) mass is 511 g/mol. The third-order valence-corrected chi connectivity index (χ3v) is 6.84. The number of thiazole rings is 1. The maximum atomic E-state index is 13.0. The first-order valence-corrected chi connectivity index (χ1v) is 13.9. The van der Waals surface area contributed by atoms with Gasteiger partial charge in [-0.3, -0.25) is 18.5 Å². The van der Waals surface area contributed by atoms with Crippen LogP contribution < -0.4 is 4.80 Å². The van der Waals surface area contributed by atoms with Crippen LogP contribution >= 0.6 is 11.3 Å². The van der Waals surface area contributed by atoms with E-state index in [0.29, 0.717) is 38.1 Å². The molecule has 0 aromatic carbocycles. The van der Waals surface area contributed by atoms with E-state index in [9.17, 15) is 13.2 Å². The molecule has 9 nitrogen and oxygen atoms in total. The third-order valence-electron chi connectivity index (χ3n) is 5.42. The second kappa shape index (κ2) is 11.1. The van der Waals surface area contributed by atoms with Crippen molar-refractivity contribution in [3.63, 3.8) is 0 Å². The lowest BCUT2D eigenvalue weighted by Gasteiger charge is -2.35. The van der Waals surface area contributed by atoms with Gasteiger partial charge in [0.25, 0.3) is 10.1 Å². The number of carbonyl (C=O) groups excluding carboxylic acids is 1. The van der Waals surface area contributed by atoms with E-state index in [1.807, 2.05) is 49.0 Å². The summed E-state index contributed by atoms with van der Waals surface area (Å²) in [5.41, 5.74) is 0.823. The minimum Gasteiger partial charge on any atom is -0.460 e. The highest BCUT2D eigenvalue weighted by Crippen LogP contribution is 2.37. The summed E-state index contributed by atoms with van der Waals surface area (Å²) in [4.78, 5) is 23.1. The Kier molecular flexibility index (Phi) is 8.66. The standard InChI is InChI=1S/C23H33N3O6S2/c1-23(2,3)31-21(27)18-9-8-17(32-34(5,28)29)13-16(18)14-20-19(7-6-10-24-20)25-22-26(15-30-4)11-12-33-22/h6-7,10-12,16-18H,8-9,13-15H2,1-5H3/b25-22-/t16?,17-,18+/m1/s1. The van der Waals surface area contributed by atoms with Crippen LogP contribution in [0.25, 0.3) is 0 Å². The maximum absolute atomic E-state index is 13.0. The van der Waals surface area contributed by atoms with Gasteiger partial charge in [0.2, 0.25) is 0 Å². The lowest BCUT2D eigenvalue weighted by Crippen LogP contribution is -2.39. The van der Waals surface area contributed by atoms with E-state index in [0.717, 1.165) is 16.8 Å². The predicted octanol–water partition coefficient (Wildman–Crippen LogP) is 3.43. The Bertz CT molecular complexity index is 1150. The molecule has 0 amide bonds. The lowest BCUT2D eigenvalue weighted by atomic mass is 9.75. The fourth-order valence-corrected chi connectivity index (χ4v) is 5.53. The summed E-state index contributed by atoms with van der Waals surface area (Å²) < 4.78 is 41.6. The first-order chi connectivity index (χ1) is 15.9. The van der Waals surface area contributed by atoms with Crippen molar-refractivity contribution >= 4 is 33.1 Å². The van der Waals surface area contributed by atoms with Gasteiger partial charge in [-0.25, -0.2) is 4.99 Å². The zero-order valence-corrected chi connectivity index (χ0v) is 21.9. The van der Waals surface area contributed by atoms with Crippen molar-refractivity contribution in [2.45, 2.75) is 64.9 Å². The Morgan fingerprint density at radius 3 is 2.76 bits per heavy atom. The number of hydrogen-bond donors (Lipinski definition) is 0. The van der Waals surface area contributed by atoms with Crippen LogP contribution in [0.1, 0.15) is 45.7 Å². The molecule has 2 aromatic heterocycles. The van der Waals surface area contributed by atoms with Gasteiger partial charge in [0.15, 0.2) is 4.80 Å². The molecule has 1 fully saturated rings. The highest BCUT2D eigenvalue weighted by Gasteiger charge is 2.39. The Balaban J connectivity index is 1.91. The van der Waals surface area contributed by atoms with Crippen LogP contribution in [0.5, 0.6) is 0 Å². The fourth-order valence-electron chi connectivity index (χ4n) is 4.13. The van der Waals surface area contributed by atoms with Gasteiger partial charge in [-0.1, -0.05) is 0 Å². The summed E-state index contributed by atoms with van der Waals surface area (Å²) in [6, 6.07) is 3.70. The zero-order chi connectivity index (χ0) is 24.9. The molecular weight excluding hydrogens is 478 g/mol. The maximum Gasteiger partial charge on any atom is 0.309 e. The van der Waals surface area contributed by atoms with Crippen molar-refractivity contribution in [3.05, 3.63) is 40.4 Å². The quantitative estimate of drug-likeness (QED) is 0.395. The van der Waals surface area contributed by atoms with Crippen LogP contribution in [-0.4, -0.2) is 49.0 Å². The minimum atomic E-state index is -3.60. The number of carbonyl (C=O) groups is 1. The Morgan fingerprint density at radius 1 is 1.32 bits per heavy atom. The molecule has 1 saturated carbocycles. The second-order valence-corrected chi connectivity index (χ2v) is 12.0. The summed E-state index contributed by atoms with van der Waals surface area (Å²) in [7, 11) is -1.98. The molecule has 188 valence electrons. The molecule has 0 bridgehead atoms. The van der Waals surface area contributed by atoms with E-state index in [-0.39, 0.29) is 17.8 Å². The van der Waals surface area contributed by atoms with Crippen LogP contribution in [0.3, 0.4) is 0 Å². The number of pyridine rings is 1. The van der Waals surface area contributed by atoms with Gasteiger partial charge in [0, 0.05) is 24.9 Å². The van der Waals surface area contributed by atoms with Gasteiger partial charge < -0.3 is 9.47 Å². The highest BCUT2D eigenvalue weighted by molar-refractivity contribution is 7.86. The average Bonchev–Trinajstić information content (AvgIpc) is 3.14. The van der Waals surface area contributed by atoms with Crippen molar-refractivity contribution in [1.82, 2.24) is 9.55 Å². The molecule has 3 atom stereocenters. The van der Waals surface area contributed by atoms with Crippen LogP contribution in [-0.2, 0) is 41.7 Å². The van der Waals surface area contributed by atoms with Crippen LogP contribution in [0.15, 0.2) is 34.9 Å². The number of aromatic nitrogens is 2. The normalized spacial score (nSPS) is 22.0. The van der Waals surface area contributed by atoms with E-state index >= 15 is 0 Å². The molecule has 3 rings (SSSR count). The average molecular weight is 512 g/mol. The topological polar surface area (TPSA) is 109 Å². The Morgan fingerprint density at radius 2 is 2.09 bits per heavy atom. The molecule has 1 unspecified atom stereocenters. The zero-order valence-electron chi connectivity index (χ0n) is 20.3. The third kappa shape index (κ3) is 7.72. The largest absolute Gasteiger partial charge is 0.460 e. The molecule has 2 heterocycles. The van der Waals surface area contributed by atoms with Crippen LogP contribution in [0.2, 0.25) is 0 Å². The van der Waals surface area contributed by atoms with E-state index in [1.165, 1.54) is 11.3 Å². The number of ether oxygens (including phenoxy) is 2. The van der Waals surface area contributed by atoms with Crippen molar-refractivity contribution in [3.8, 4) is 0 Å². The number of rotatable bonds is 8. The number of hydrogen-bond acceptors (Lipinski definition) is 9. The summed E-state index contributed by atoms with van der Waals surface area (Å²) >= 11 is 1.49. The molecule has 0 radical (unpaired) electrons. The molecular formula is C23H33N3O6S2. The van der Waals surface area contributed by atoms with Crippen molar-refractivity contribution in [2.75, 3.05) is 13.4 Å². The minimum absolute atomic E-state index is 0.200. The summed E-state index contributed by atoms with van der Waals surface area (Å²) in [6.45, 7) is 5.89. The Hall–Kier alpha value is -2.08. The first-order valence-electron chi connectivity index (χ1n) is 11.2. The molecule has 1 aliphatic carbocycles. The van der Waals surface area contributed by atoms with Gasteiger partial charge in [-0.2, -0.15) is 8.42 Å². The van der Waals surface area contributed by atoms with Gasteiger partial charge in [-0.15, -0.1) is 11.3 Å². The number of nitrogens with zero attached hydrogens (tertiary/aromatic N) is 3. The van der Waals surface area contributed by atoms with E-state index in [2.05, 4.69) is 4.98 Å². The molecule has 0 aliphatic heterocycles. The van der Waals surface area contributed by atoms with Gasteiger partial charge in [0.05, 0.1) is 29.7 Å². The van der Waals surface area contributed by atoms with Crippen molar-refractivity contribution < 1.29 is 26.9 Å². The van der Waals surface area contributed by atoms with Crippen LogP contribution in [0.4, 0.5) is 5.69 Å². The fraction of sp³-hybridized carbons (Fsp3) is 0.609. The van der Waals surface area contributed by atoms with E-state index in [4.69, 9.17) is 18.6 Å².